The van der Waals surface area contributed by atoms with Gasteiger partial charge in [-0.25, -0.2) is 18.4 Å². The van der Waals surface area contributed by atoms with Gasteiger partial charge in [-0.3, -0.25) is 9.78 Å². The van der Waals surface area contributed by atoms with Crippen molar-refractivity contribution in [3.05, 3.63) is 71.1 Å². The Morgan fingerprint density at radius 3 is 2.44 bits per heavy atom. The predicted octanol–water partition coefficient (Wildman–Crippen LogP) is 3.86. The van der Waals surface area contributed by atoms with Crippen LogP contribution in [-0.4, -0.2) is 64.7 Å². The number of aromatic nitrogens is 3. The monoisotopic (exact) mass is 513 g/mol. The van der Waals surface area contributed by atoms with Gasteiger partial charge in [-0.05, 0) is 48.2 Å². The first-order valence-electron chi connectivity index (χ1n) is 10.5. The quantitative estimate of drug-likeness (QED) is 0.411. The van der Waals surface area contributed by atoms with E-state index in [1.807, 2.05) is 25.1 Å². The van der Waals surface area contributed by atoms with Crippen LogP contribution in [0.25, 0.3) is 21.6 Å². The fourth-order valence-corrected chi connectivity index (χ4v) is 7.03. The molecule has 11 heteroatoms. The minimum absolute atomic E-state index is 0.217. The molecule has 4 heterocycles. The molecule has 5 rings (SSSR count). The number of aryl methyl sites for hydroxylation is 1. The average molecular weight is 514 g/mol. The summed E-state index contributed by atoms with van der Waals surface area (Å²) >= 11 is 7.23. The fraction of sp³-hybridized carbons (Fsp3) is 0.217. The number of carbonyl (C=O) groups excluding carboxylic acids is 1. The van der Waals surface area contributed by atoms with Gasteiger partial charge in [-0.15, -0.1) is 11.3 Å². The van der Waals surface area contributed by atoms with Crippen molar-refractivity contribution < 1.29 is 13.2 Å². The molecule has 1 amide bonds. The number of rotatable bonds is 4. The van der Waals surface area contributed by atoms with Crippen molar-refractivity contribution >= 4 is 49.0 Å². The van der Waals surface area contributed by atoms with Crippen LogP contribution in [0.15, 0.2) is 59.2 Å². The normalized spacial score (nSPS) is 15.1. The molecule has 0 unspecified atom stereocenters. The van der Waals surface area contributed by atoms with E-state index in [-0.39, 0.29) is 36.3 Å². The first-order chi connectivity index (χ1) is 16.3. The van der Waals surface area contributed by atoms with Crippen molar-refractivity contribution in [1.29, 1.82) is 0 Å². The summed E-state index contributed by atoms with van der Waals surface area (Å²) in [5, 5.41) is 1.41. The lowest BCUT2D eigenvalue weighted by Crippen LogP contribution is -2.50. The number of halogens is 1. The molecule has 1 aliphatic heterocycles. The van der Waals surface area contributed by atoms with Crippen LogP contribution in [0, 0.1) is 6.92 Å². The highest BCUT2D eigenvalue weighted by Crippen LogP contribution is 2.33. The van der Waals surface area contributed by atoms with Crippen molar-refractivity contribution in [1.82, 2.24) is 24.2 Å². The van der Waals surface area contributed by atoms with Crippen molar-refractivity contribution in [3.8, 4) is 11.5 Å². The number of fused-ring (bicyclic) bond motifs is 1. The van der Waals surface area contributed by atoms with Gasteiger partial charge in [0.2, 0.25) is 0 Å². The standard InChI is InChI=1S/C23H20ClN5O3S2/c1-15-4-5-25-19(10-15)22-26-13-17(14-27-22)23(30)28-6-8-29(9-7-28)34(31,32)21-11-16-2-3-18(24)12-20(16)33-21/h2-5,10-14H,6-9H2,1H3. The van der Waals surface area contributed by atoms with E-state index in [0.717, 1.165) is 15.6 Å². The number of carbonyl (C=O) groups is 1. The topological polar surface area (TPSA) is 96.4 Å². The number of pyridine rings is 1. The largest absolute Gasteiger partial charge is 0.336 e. The van der Waals surface area contributed by atoms with Gasteiger partial charge < -0.3 is 4.90 Å². The van der Waals surface area contributed by atoms with Crippen LogP contribution in [0.5, 0.6) is 0 Å². The van der Waals surface area contributed by atoms with Gasteiger partial charge in [0.25, 0.3) is 15.9 Å². The Morgan fingerprint density at radius 1 is 1.00 bits per heavy atom. The Hall–Kier alpha value is -2.92. The van der Waals surface area contributed by atoms with E-state index in [4.69, 9.17) is 11.6 Å². The molecule has 1 saturated heterocycles. The molecule has 34 heavy (non-hydrogen) atoms. The average Bonchev–Trinajstić information content (AvgIpc) is 3.28. The van der Waals surface area contributed by atoms with Gasteiger partial charge in [0, 0.05) is 54.5 Å². The molecule has 8 nitrogen and oxygen atoms in total. The number of hydrogen-bond acceptors (Lipinski definition) is 7. The molecule has 0 bridgehead atoms. The van der Waals surface area contributed by atoms with Gasteiger partial charge >= 0.3 is 0 Å². The number of piperazine rings is 1. The zero-order valence-corrected chi connectivity index (χ0v) is 20.6. The van der Waals surface area contributed by atoms with Gasteiger partial charge in [-0.2, -0.15) is 4.31 Å². The lowest BCUT2D eigenvalue weighted by molar-refractivity contribution is 0.0697. The second-order valence-corrected chi connectivity index (χ2v) is 11.6. The first kappa shape index (κ1) is 22.9. The highest BCUT2D eigenvalue weighted by Gasteiger charge is 2.31. The van der Waals surface area contributed by atoms with Crippen molar-refractivity contribution in [2.24, 2.45) is 0 Å². The van der Waals surface area contributed by atoms with Gasteiger partial charge in [-0.1, -0.05) is 17.7 Å². The molecule has 4 aromatic rings. The molecule has 174 valence electrons. The lowest BCUT2D eigenvalue weighted by Gasteiger charge is -2.33. The summed E-state index contributed by atoms with van der Waals surface area (Å²) in [6, 6.07) is 10.8. The number of amides is 1. The second-order valence-electron chi connectivity index (χ2n) is 7.96. The van der Waals surface area contributed by atoms with E-state index in [1.165, 1.54) is 28.0 Å². The molecule has 0 spiro atoms. The van der Waals surface area contributed by atoms with E-state index in [9.17, 15) is 13.2 Å². The maximum atomic E-state index is 13.2. The van der Waals surface area contributed by atoms with Crippen molar-refractivity contribution in [3.63, 3.8) is 0 Å². The van der Waals surface area contributed by atoms with E-state index < -0.39 is 10.0 Å². The highest BCUT2D eigenvalue weighted by molar-refractivity contribution is 7.91. The number of hydrogen-bond donors (Lipinski definition) is 0. The molecule has 1 aromatic carbocycles. The summed E-state index contributed by atoms with van der Waals surface area (Å²) in [5.41, 5.74) is 2.04. The number of sulfonamides is 1. The minimum Gasteiger partial charge on any atom is -0.336 e. The van der Waals surface area contributed by atoms with Gasteiger partial charge in [0.15, 0.2) is 5.82 Å². The van der Waals surface area contributed by atoms with Crippen LogP contribution >= 0.6 is 22.9 Å². The summed E-state index contributed by atoms with van der Waals surface area (Å²) in [7, 11) is -3.65. The summed E-state index contributed by atoms with van der Waals surface area (Å²) in [5.74, 6) is 0.220. The van der Waals surface area contributed by atoms with Crippen LogP contribution < -0.4 is 0 Å². The molecule has 0 radical (unpaired) electrons. The molecule has 0 atom stereocenters. The van der Waals surface area contributed by atoms with Crippen LogP contribution in [0.1, 0.15) is 15.9 Å². The third kappa shape index (κ3) is 4.41. The fourth-order valence-electron chi connectivity index (χ4n) is 3.78. The number of thiophene rings is 1. The van der Waals surface area contributed by atoms with E-state index in [2.05, 4.69) is 15.0 Å². The predicted molar refractivity (Wildman–Crippen MR) is 131 cm³/mol. The molecular weight excluding hydrogens is 494 g/mol. The number of nitrogens with zero attached hydrogens (tertiary/aromatic N) is 5. The van der Waals surface area contributed by atoms with Gasteiger partial charge in [0.1, 0.15) is 9.90 Å². The smallest absolute Gasteiger partial charge is 0.257 e. The zero-order valence-electron chi connectivity index (χ0n) is 18.2. The summed E-state index contributed by atoms with van der Waals surface area (Å²) in [4.78, 5) is 27.4. The Labute approximate surface area is 205 Å². The highest BCUT2D eigenvalue weighted by atomic mass is 35.5. The molecule has 0 N–H and O–H groups in total. The summed E-state index contributed by atoms with van der Waals surface area (Å²) < 4.78 is 28.8. The van der Waals surface area contributed by atoms with Crippen LogP contribution in [0.4, 0.5) is 0 Å². The van der Waals surface area contributed by atoms with Crippen LogP contribution in [-0.2, 0) is 10.0 Å². The third-order valence-corrected chi connectivity index (χ3v) is 9.30. The Bertz CT molecular complexity index is 1480. The SMILES string of the molecule is Cc1ccnc(-c2ncc(C(=O)N3CCN(S(=O)(=O)c4cc5ccc(Cl)cc5s4)CC3)cn2)c1. The molecule has 1 aliphatic rings. The molecule has 1 fully saturated rings. The van der Waals surface area contributed by atoms with E-state index in [0.29, 0.717) is 22.1 Å². The first-order valence-corrected chi connectivity index (χ1v) is 13.2. The number of benzene rings is 1. The zero-order chi connectivity index (χ0) is 23.9. The van der Waals surface area contributed by atoms with Crippen LogP contribution in [0.3, 0.4) is 0 Å². The molecular formula is C23H20ClN5O3S2. The molecule has 0 aliphatic carbocycles. The van der Waals surface area contributed by atoms with Crippen molar-refractivity contribution in [2.75, 3.05) is 26.2 Å². The lowest BCUT2D eigenvalue weighted by atomic mass is 10.2. The second kappa shape index (κ2) is 9.03. The Balaban J connectivity index is 1.26. The van der Waals surface area contributed by atoms with E-state index >= 15 is 0 Å². The van der Waals surface area contributed by atoms with E-state index in [1.54, 1.807) is 29.3 Å². The maximum absolute atomic E-state index is 13.2. The Kier molecular flexibility index (Phi) is 6.07. The van der Waals surface area contributed by atoms with Crippen LogP contribution in [0.2, 0.25) is 5.02 Å². The summed E-state index contributed by atoms with van der Waals surface area (Å²) in [6.45, 7) is 2.97. The third-order valence-electron chi connectivity index (χ3n) is 5.62. The Morgan fingerprint density at radius 2 is 1.74 bits per heavy atom. The summed E-state index contributed by atoms with van der Waals surface area (Å²) in [6.07, 6.45) is 4.66. The molecule has 3 aromatic heterocycles. The van der Waals surface area contributed by atoms with Crippen molar-refractivity contribution in [2.45, 2.75) is 11.1 Å². The molecule has 0 saturated carbocycles. The van der Waals surface area contributed by atoms with Gasteiger partial charge in [0.05, 0.1) is 5.56 Å². The minimum atomic E-state index is -3.65. The maximum Gasteiger partial charge on any atom is 0.257 e.